The lowest BCUT2D eigenvalue weighted by Gasteiger charge is -2.36. The number of nitrogens with zero attached hydrogens (tertiary/aromatic N) is 2. The molecule has 1 aromatic heterocycles. The zero-order valence-electron chi connectivity index (χ0n) is 28.0. The lowest BCUT2D eigenvalue weighted by molar-refractivity contribution is -0.153. The number of fused-ring (bicyclic) bond motifs is 3. The van der Waals surface area contributed by atoms with Crippen molar-refractivity contribution in [1.82, 2.24) is 14.6 Å². The summed E-state index contributed by atoms with van der Waals surface area (Å²) in [4.78, 5) is 18.4. The van der Waals surface area contributed by atoms with Gasteiger partial charge in [0.1, 0.15) is 11.9 Å². The second-order valence-electron chi connectivity index (χ2n) is 14.2. The molecule has 3 heterocycles. The summed E-state index contributed by atoms with van der Waals surface area (Å²) in [6, 6.07) is 11.2. The molecule has 2 aromatic carbocycles. The Morgan fingerprint density at radius 3 is 2.75 bits per heavy atom. The van der Waals surface area contributed by atoms with Crippen molar-refractivity contribution in [1.29, 1.82) is 0 Å². The molecule has 4 aliphatic rings. The van der Waals surface area contributed by atoms with Crippen LogP contribution in [0.4, 0.5) is 9.93 Å². The van der Waals surface area contributed by atoms with Gasteiger partial charge >= 0.3 is 6.09 Å². The second kappa shape index (κ2) is 13.7. The van der Waals surface area contributed by atoms with Crippen molar-refractivity contribution in [2.75, 3.05) is 32.1 Å². The Labute approximate surface area is 286 Å². The minimum Gasteiger partial charge on any atom is -0.496 e. The number of aromatic nitrogens is 1. The van der Waals surface area contributed by atoms with Crippen LogP contribution in [0, 0.1) is 24.7 Å². The highest BCUT2D eigenvalue weighted by Gasteiger charge is 2.53. The van der Waals surface area contributed by atoms with Gasteiger partial charge in [-0.1, -0.05) is 37.3 Å². The zero-order chi connectivity index (χ0) is 33.6. The van der Waals surface area contributed by atoms with E-state index in [1.807, 2.05) is 39.0 Å². The van der Waals surface area contributed by atoms with Crippen molar-refractivity contribution in [2.24, 2.45) is 17.8 Å². The van der Waals surface area contributed by atoms with E-state index in [4.69, 9.17) is 18.9 Å². The molecule has 2 N–H and O–H groups in total. The average molecular weight is 699 g/mol. The van der Waals surface area contributed by atoms with E-state index in [0.29, 0.717) is 38.0 Å². The third-order valence-electron chi connectivity index (χ3n) is 9.86. The highest BCUT2D eigenvalue weighted by Crippen LogP contribution is 2.46. The first kappa shape index (κ1) is 33.5. The summed E-state index contributed by atoms with van der Waals surface area (Å²) >= 11 is 1.48. The molecule has 6 unspecified atom stereocenters. The number of amides is 1. The maximum Gasteiger partial charge on any atom is 0.407 e. The normalized spacial score (nSPS) is 25.5. The number of carbonyl (C=O) groups excluding carboxylic acids is 1. The molecule has 3 bridgehead atoms. The molecule has 0 radical (unpaired) electrons. The van der Waals surface area contributed by atoms with Gasteiger partial charge in [0.15, 0.2) is 11.4 Å². The molecule has 2 aliphatic heterocycles. The number of hydrogen-bond acceptors (Lipinski definition) is 10. The molecule has 2 saturated heterocycles. The fraction of sp³-hybridized carbons (Fsp3) is 0.600. The fourth-order valence-electron chi connectivity index (χ4n) is 7.24. The van der Waals surface area contributed by atoms with Crippen LogP contribution in [-0.4, -0.2) is 81.2 Å². The number of rotatable bonds is 14. The number of benzene rings is 2. The van der Waals surface area contributed by atoms with Crippen molar-refractivity contribution < 1.29 is 32.2 Å². The topological polar surface area (TPSA) is 128 Å². The molecule has 13 heteroatoms. The Morgan fingerprint density at radius 2 is 1.98 bits per heavy atom. The number of anilines is 1. The van der Waals surface area contributed by atoms with Gasteiger partial charge in [-0.3, -0.25) is 0 Å². The van der Waals surface area contributed by atoms with Crippen LogP contribution in [-0.2, 0) is 30.7 Å². The van der Waals surface area contributed by atoms with E-state index in [1.165, 1.54) is 11.3 Å². The van der Waals surface area contributed by atoms with E-state index in [2.05, 4.69) is 15.6 Å². The predicted octanol–water partition coefficient (Wildman–Crippen LogP) is 5.71. The second-order valence-corrected chi connectivity index (χ2v) is 17.2. The Morgan fingerprint density at radius 1 is 1.15 bits per heavy atom. The van der Waals surface area contributed by atoms with Gasteiger partial charge in [-0.15, -0.1) is 0 Å². The van der Waals surface area contributed by atoms with E-state index in [9.17, 15) is 13.2 Å². The van der Waals surface area contributed by atoms with Gasteiger partial charge in [0.2, 0.25) is 10.0 Å². The van der Waals surface area contributed by atoms with Crippen molar-refractivity contribution in [3.8, 4) is 5.75 Å². The largest absolute Gasteiger partial charge is 0.496 e. The van der Waals surface area contributed by atoms with E-state index >= 15 is 0 Å². The Hall–Kier alpha value is -2.97. The fourth-order valence-corrected chi connectivity index (χ4v) is 9.95. The molecule has 1 amide bonds. The highest BCUT2D eigenvalue weighted by molar-refractivity contribution is 7.89. The third-order valence-corrected chi connectivity index (χ3v) is 12.7. The van der Waals surface area contributed by atoms with Gasteiger partial charge in [0, 0.05) is 37.0 Å². The SMILES string of the molecule is COc1cc(CC(CCN(CC(C)C)S(=O)(=O)c2ccc3nc(NC4CC4)sc3c2)NC(=O)OC2C3COC4OC2CC4C3)ccc1C. The molecule has 48 heavy (non-hydrogen) atoms. The van der Waals surface area contributed by atoms with E-state index in [-0.39, 0.29) is 41.8 Å². The number of methoxy groups -OCH3 is 1. The summed E-state index contributed by atoms with van der Waals surface area (Å²) in [5.74, 6) is 1.34. The number of hydrogen-bond donors (Lipinski definition) is 2. The Kier molecular flexibility index (Phi) is 9.60. The smallest absolute Gasteiger partial charge is 0.407 e. The molecular formula is C35H46N4O7S2. The first-order valence-electron chi connectivity index (χ1n) is 17.1. The monoisotopic (exact) mass is 698 g/mol. The predicted molar refractivity (Wildman–Crippen MR) is 184 cm³/mol. The van der Waals surface area contributed by atoms with Gasteiger partial charge in [-0.25, -0.2) is 18.2 Å². The molecule has 2 aliphatic carbocycles. The highest BCUT2D eigenvalue weighted by atomic mass is 32.2. The number of carbonyl (C=O) groups is 1. The molecule has 7 rings (SSSR count). The number of ether oxygens (including phenoxy) is 4. The van der Waals surface area contributed by atoms with Crippen LogP contribution >= 0.6 is 11.3 Å². The van der Waals surface area contributed by atoms with Crippen LogP contribution in [0.2, 0.25) is 0 Å². The van der Waals surface area contributed by atoms with E-state index < -0.39 is 22.2 Å². The lowest BCUT2D eigenvalue weighted by Crippen LogP contribution is -2.48. The van der Waals surface area contributed by atoms with Crippen LogP contribution in [0.15, 0.2) is 41.3 Å². The number of thiazole rings is 1. The van der Waals surface area contributed by atoms with Crippen molar-refractivity contribution in [2.45, 2.75) is 94.8 Å². The molecule has 3 aromatic rings. The molecule has 4 fully saturated rings. The molecule has 0 spiro atoms. The number of alkyl carbamates (subject to hydrolysis) is 1. The van der Waals surface area contributed by atoms with Crippen molar-refractivity contribution in [3.63, 3.8) is 0 Å². The molecule has 6 atom stereocenters. The Bertz CT molecular complexity index is 1740. The summed E-state index contributed by atoms with van der Waals surface area (Å²) in [5.41, 5.74) is 2.76. The van der Waals surface area contributed by atoms with Gasteiger partial charge in [-0.05, 0) is 86.8 Å². The van der Waals surface area contributed by atoms with Crippen LogP contribution in [0.3, 0.4) is 0 Å². The number of aryl methyl sites for hydroxylation is 1. The van der Waals surface area contributed by atoms with E-state index in [1.54, 1.807) is 29.6 Å². The summed E-state index contributed by atoms with van der Waals surface area (Å²) in [6.45, 7) is 7.09. The van der Waals surface area contributed by atoms with Gasteiger partial charge in [-0.2, -0.15) is 4.31 Å². The van der Waals surface area contributed by atoms with Crippen LogP contribution < -0.4 is 15.4 Å². The van der Waals surface area contributed by atoms with Gasteiger partial charge < -0.3 is 29.6 Å². The Balaban J connectivity index is 1.09. The van der Waals surface area contributed by atoms with Crippen molar-refractivity contribution in [3.05, 3.63) is 47.5 Å². The minimum atomic E-state index is -3.84. The van der Waals surface area contributed by atoms with E-state index in [0.717, 1.165) is 57.9 Å². The van der Waals surface area contributed by atoms with Gasteiger partial charge in [0.25, 0.3) is 0 Å². The maximum atomic E-state index is 14.2. The summed E-state index contributed by atoms with van der Waals surface area (Å²) < 4.78 is 54.2. The van der Waals surface area contributed by atoms with Crippen LogP contribution in [0.25, 0.3) is 10.2 Å². The first-order valence-corrected chi connectivity index (χ1v) is 19.4. The molecule has 2 saturated carbocycles. The van der Waals surface area contributed by atoms with Crippen LogP contribution in [0.1, 0.15) is 57.1 Å². The van der Waals surface area contributed by atoms with Gasteiger partial charge in [0.05, 0.1) is 34.9 Å². The van der Waals surface area contributed by atoms with Crippen LogP contribution in [0.5, 0.6) is 5.75 Å². The molecule has 260 valence electrons. The third kappa shape index (κ3) is 7.30. The summed E-state index contributed by atoms with van der Waals surface area (Å²) in [7, 11) is -2.20. The molecule has 11 nitrogen and oxygen atoms in total. The number of nitrogens with one attached hydrogen (secondary N) is 2. The standard InChI is InChI=1S/C35H46N4O7S2/c1-20(2)18-39(48(41,42)27-9-10-28-31(17-27)47-34(38-28)36-25-7-8-25)12-11-26(13-22-6-5-21(3)29(14-22)43-4)37-35(40)46-32-24-15-23-16-30(32)45-33(23)44-19-24/h5-6,9-10,14,17,20,23-26,30,32-33H,7-8,11-13,15-16,18-19H2,1-4H3,(H,36,38)(H,37,40). The van der Waals surface area contributed by atoms with Crippen molar-refractivity contribution >= 4 is 42.8 Å². The lowest BCUT2D eigenvalue weighted by atomic mass is 9.78. The zero-order valence-corrected chi connectivity index (χ0v) is 29.6. The quantitative estimate of drug-likeness (QED) is 0.218. The maximum absolute atomic E-state index is 14.2. The summed E-state index contributed by atoms with van der Waals surface area (Å²) in [5, 5.41) is 7.33. The minimum absolute atomic E-state index is 0.0954. The number of sulfonamides is 1. The summed E-state index contributed by atoms with van der Waals surface area (Å²) in [6.07, 6.45) is 3.66. The first-order chi connectivity index (χ1) is 23.0. The average Bonchev–Trinajstić information content (AvgIpc) is 3.69. The molecular weight excluding hydrogens is 653 g/mol.